The van der Waals surface area contributed by atoms with E-state index in [1.54, 1.807) is 0 Å². The number of hydrogen-bond acceptors (Lipinski definition) is 5. The molecule has 1 fully saturated rings. The van der Waals surface area contributed by atoms with Crippen LogP contribution in [0.2, 0.25) is 0 Å². The Bertz CT molecular complexity index is 804. The van der Waals surface area contributed by atoms with Gasteiger partial charge in [0.2, 0.25) is 16.9 Å². The molecular formula is C19H24N4O2S. The lowest BCUT2D eigenvalue weighted by atomic mass is 10.1. The fourth-order valence-corrected chi connectivity index (χ4v) is 3.88. The van der Waals surface area contributed by atoms with Crippen molar-refractivity contribution in [1.29, 1.82) is 0 Å². The van der Waals surface area contributed by atoms with E-state index in [1.807, 2.05) is 36.9 Å². The molecule has 1 N–H and O–H groups in total. The van der Waals surface area contributed by atoms with Crippen LogP contribution in [0.1, 0.15) is 50.1 Å². The number of nitrogens with one attached hydrogen (secondary N) is 1. The van der Waals surface area contributed by atoms with E-state index in [1.165, 1.54) is 16.9 Å². The highest BCUT2D eigenvalue weighted by Gasteiger charge is 2.34. The first-order valence-corrected chi connectivity index (χ1v) is 9.87. The first kappa shape index (κ1) is 18.5. The smallest absolute Gasteiger partial charge is 0.229 e. The number of aromatic nitrogens is 2. The molecule has 1 aliphatic heterocycles. The minimum atomic E-state index is -0.0588. The SMILES string of the molecule is CCc1ccccc1N1CC(c2nnc(NC(=O)C(C)CC)s2)CC1=O. The molecule has 1 aliphatic rings. The standard InChI is InChI=1S/C19H24N4O2S/c1-4-12(3)17(25)20-19-22-21-18(26-19)14-10-16(24)23(11-14)15-9-7-6-8-13(15)5-2/h6-9,12,14H,4-5,10-11H2,1-3H3,(H,20,22,25). The second-order valence-electron chi connectivity index (χ2n) is 6.63. The quantitative estimate of drug-likeness (QED) is 0.840. The average molecular weight is 372 g/mol. The number of para-hydroxylation sites is 1. The fraction of sp³-hybridized carbons (Fsp3) is 0.474. The number of benzene rings is 1. The van der Waals surface area contributed by atoms with Gasteiger partial charge < -0.3 is 10.2 Å². The average Bonchev–Trinajstić information content (AvgIpc) is 3.27. The lowest BCUT2D eigenvalue weighted by molar-refractivity contribution is -0.119. The third-order valence-electron chi connectivity index (χ3n) is 4.87. The Hall–Kier alpha value is -2.28. The summed E-state index contributed by atoms with van der Waals surface area (Å²) in [6, 6.07) is 8.01. The van der Waals surface area contributed by atoms with Gasteiger partial charge in [-0.25, -0.2) is 0 Å². The third kappa shape index (κ3) is 3.77. The van der Waals surface area contributed by atoms with Crippen molar-refractivity contribution >= 4 is 34.0 Å². The second kappa shape index (κ2) is 7.95. The van der Waals surface area contributed by atoms with Gasteiger partial charge in [0.1, 0.15) is 5.01 Å². The maximum atomic E-state index is 12.6. The van der Waals surface area contributed by atoms with Crippen LogP contribution in [0.15, 0.2) is 24.3 Å². The van der Waals surface area contributed by atoms with Crippen LogP contribution in [-0.2, 0) is 16.0 Å². The molecule has 7 heteroatoms. The number of hydrogen-bond donors (Lipinski definition) is 1. The molecule has 1 aromatic heterocycles. The van der Waals surface area contributed by atoms with Gasteiger partial charge in [-0.2, -0.15) is 0 Å². The summed E-state index contributed by atoms with van der Waals surface area (Å²) in [5, 5.41) is 12.4. The van der Waals surface area contributed by atoms with Crippen LogP contribution >= 0.6 is 11.3 Å². The Morgan fingerprint density at radius 2 is 2.12 bits per heavy atom. The summed E-state index contributed by atoms with van der Waals surface area (Å²) in [5.74, 6) is 0.0168. The topological polar surface area (TPSA) is 75.2 Å². The summed E-state index contributed by atoms with van der Waals surface area (Å²) in [4.78, 5) is 26.4. The van der Waals surface area contributed by atoms with Gasteiger partial charge in [0.25, 0.3) is 0 Å². The lowest BCUT2D eigenvalue weighted by Gasteiger charge is -2.19. The summed E-state index contributed by atoms with van der Waals surface area (Å²) < 4.78 is 0. The van der Waals surface area contributed by atoms with Gasteiger partial charge in [-0.05, 0) is 24.5 Å². The first-order valence-electron chi connectivity index (χ1n) is 9.06. The van der Waals surface area contributed by atoms with E-state index in [4.69, 9.17) is 0 Å². The van der Waals surface area contributed by atoms with E-state index in [0.717, 1.165) is 23.5 Å². The van der Waals surface area contributed by atoms with Gasteiger partial charge in [0.05, 0.1) is 0 Å². The van der Waals surface area contributed by atoms with E-state index in [9.17, 15) is 9.59 Å². The summed E-state index contributed by atoms with van der Waals surface area (Å²) in [5.41, 5.74) is 2.15. The minimum absolute atomic E-state index is 0.0131. The highest BCUT2D eigenvalue weighted by Crippen LogP contribution is 2.35. The summed E-state index contributed by atoms with van der Waals surface area (Å²) in [6.45, 7) is 6.55. The highest BCUT2D eigenvalue weighted by molar-refractivity contribution is 7.15. The van der Waals surface area contributed by atoms with Gasteiger partial charge in [-0.1, -0.05) is 50.3 Å². The molecule has 0 saturated carbocycles. The van der Waals surface area contributed by atoms with E-state index in [-0.39, 0.29) is 23.7 Å². The fourth-order valence-electron chi connectivity index (χ4n) is 3.04. The zero-order chi connectivity index (χ0) is 18.7. The van der Waals surface area contributed by atoms with Crippen molar-refractivity contribution < 1.29 is 9.59 Å². The zero-order valence-corrected chi connectivity index (χ0v) is 16.2. The van der Waals surface area contributed by atoms with E-state index in [2.05, 4.69) is 28.5 Å². The number of carbonyl (C=O) groups excluding carboxylic acids is 2. The Kier molecular flexibility index (Phi) is 5.66. The van der Waals surface area contributed by atoms with Crippen molar-refractivity contribution in [3.63, 3.8) is 0 Å². The van der Waals surface area contributed by atoms with E-state index >= 15 is 0 Å². The Labute approximate surface area is 157 Å². The molecule has 1 aromatic carbocycles. The van der Waals surface area contributed by atoms with Crippen LogP contribution in [0.4, 0.5) is 10.8 Å². The predicted molar refractivity (Wildman–Crippen MR) is 104 cm³/mol. The van der Waals surface area contributed by atoms with Crippen molar-refractivity contribution in [3.8, 4) is 0 Å². The van der Waals surface area contributed by atoms with Crippen LogP contribution in [-0.4, -0.2) is 28.6 Å². The van der Waals surface area contributed by atoms with E-state index < -0.39 is 0 Å². The number of rotatable bonds is 6. The maximum Gasteiger partial charge on any atom is 0.229 e. The Morgan fingerprint density at radius 3 is 2.85 bits per heavy atom. The molecule has 0 aliphatic carbocycles. The number of nitrogens with zero attached hydrogens (tertiary/aromatic N) is 3. The van der Waals surface area contributed by atoms with Crippen molar-refractivity contribution in [2.75, 3.05) is 16.8 Å². The van der Waals surface area contributed by atoms with Gasteiger partial charge >= 0.3 is 0 Å². The number of aryl methyl sites for hydroxylation is 1. The van der Waals surface area contributed by atoms with Crippen LogP contribution < -0.4 is 10.2 Å². The normalized spacial score (nSPS) is 18.2. The van der Waals surface area contributed by atoms with Crippen LogP contribution in [0, 0.1) is 5.92 Å². The van der Waals surface area contributed by atoms with Crippen LogP contribution in [0.5, 0.6) is 0 Å². The molecule has 0 radical (unpaired) electrons. The molecule has 0 spiro atoms. The predicted octanol–water partition coefficient (Wildman–Crippen LogP) is 3.61. The van der Waals surface area contributed by atoms with Gasteiger partial charge in [0, 0.05) is 30.5 Å². The van der Waals surface area contributed by atoms with Crippen LogP contribution in [0.3, 0.4) is 0 Å². The molecule has 2 atom stereocenters. The monoisotopic (exact) mass is 372 g/mol. The first-order chi connectivity index (χ1) is 12.5. The number of amides is 2. The molecule has 2 heterocycles. The summed E-state index contributed by atoms with van der Waals surface area (Å²) >= 11 is 1.36. The maximum absolute atomic E-state index is 12.6. The molecule has 2 aromatic rings. The molecule has 1 saturated heterocycles. The highest BCUT2D eigenvalue weighted by atomic mass is 32.1. The Morgan fingerprint density at radius 1 is 1.35 bits per heavy atom. The summed E-state index contributed by atoms with van der Waals surface area (Å²) in [7, 11) is 0. The van der Waals surface area contributed by atoms with Gasteiger partial charge in [-0.3, -0.25) is 9.59 Å². The molecule has 2 amide bonds. The molecule has 0 bridgehead atoms. The van der Waals surface area contributed by atoms with Crippen molar-refractivity contribution in [2.45, 2.75) is 46.0 Å². The van der Waals surface area contributed by atoms with Gasteiger partial charge in [-0.15, -0.1) is 10.2 Å². The zero-order valence-electron chi connectivity index (χ0n) is 15.4. The van der Waals surface area contributed by atoms with Crippen molar-refractivity contribution in [2.24, 2.45) is 5.92 Å². The molecular weight excluding hydrogens is 348 g/mol. The van der Waals surface area contributed by atoms with Crippen molar-refractivity contribution in [1.82, 2.24) is 10.2 Å². The van der Waals surface area contributed by atoms with Crippen molar-refractivity contribution in [3.05, 3.63) is 34.8 Å². The lowest BCUT2D eigenvalue weighted by Crippen LogP contribution is -2.25. The molecule has 26 heavy (non-hydrogen) atoms. The molecule has 3 rings (SSSR count). The molecule has 2 unspecified atom stereocenters. The largest absolute Gasteiger partial charge is 0.311 e. The van der Waals surface area contributed by atoms with E-state index in [0.29, 0.717) is 18.1 Å². The van der Waals surface area contributed by atoms with Crippen LogP contribution in [0.25, 0.3) is 0 Å². The van der Waals surface area contributed by atoms with Gasteiger partial charge in [0.15, 0.2) is 0 Å². The third-order valence-corrected chi connectivity index (χ3v) is 5.87. The number of anilines is 2. The number of carbonyl (C=O) groups is 2. The molecule has 6 nitrogen and oxygen atoms in total. The Balaban J connectivity index is 1.72. The second-order valence-corrected chi connectivity index (χ2v) is 7.64. The minimum Gasteiger partial charge on any atom is -0.311 e. The molecule has 138 valence electrons. The summed E-state index contributed by atoms with van der Waals surface area (Å²) in [6.07, 6.45) is 2.08.